The fraction of sp³-hybridized carbons (Fsp3) is 0.500. The van der Waals surface area contributed by atoms with Gasteiger partial charge in [-0.3, -0.25) is 0 Å². The van der Waals surface area contributed by atoms with Gasteiger partial charge in [-0.2, -0.15) is 9.97 Å². The van der Waals surface area contributed by atoms with Crippen molar-refractivity contribution in [3.63, 3.8) is 0 Å². The summed E-state index contributed by atoms with van der Waals surface area (Å²) in [6.07, 6.45) is -1.67. The van der Waals surface area contributed by atoms with Gasteiger partial charge in [-0.25, -0.2) is 4.98 Å². The molecule has 4 unspecified atom stereocenters. The summed E-state index contributed by atoms with van der Waals surface area (Å²) in [4.78, 5) is 11.9. The third kappa shape index (κ3) is 1.84. The molecule has 102 valence electrons. The SMILES string of the molecule is Nc1nc(Cl)nc2c1ncn2C1CC(O)C(O)C1O. The number of nitrogens with two attached hydrogens (primary N) is 1. The van der Waals surface area contributed by atoms with Gasteiger partial charge in [-0.05, 0) is 18.0 Å². The molecular weight excluding hydrogens is 274 g/mol. The maximum Gasteiger partial charge on any atom is 0.226 e. The molecule has 2 heterocycles. The van der Waals surface area contributed by atoms with Crippen molar-refractivity contribution in [1.29, 1.82) is 0 Å². The molecule has 4 atom stereocenters. The van der Waals surface area contributed by atoms with Crippen molar-refractivity contribution in [3.8, 4) is 0 Å². The lowest BCUT2D eigenvalue weighted by Crippen LogP contribution is -2.31. The predicted molar refractivity (Wildman–Crippen MR) is 66.4 cm³/mol. The summed E-state index contributed by atoms with van der Waals surface area (Å²) in [7, 11) is 0. The Morgan fingerprint density at radius 3 is 2.63 bits per heavy atom. The van der Waals surface area contributed by atoms with E-state index in [1.807, 2.05) is 0 Å². The van der Waals surface area contributed by atoms with E-state index in [0.29, 0.717) is 11.2 Å². The molecule has 1 aliphatic carbocycles. The third-order valence-electron chi connectivity index (χ3n) is 3.40. The predicted octanol–water partition coefficient (Wildman–Crippen LogP) is -0.911. The minimum Gasteiger partial charge on any atom is -0.390 e. The van der Waals surface area contributed by atoms with Crippen molar-refractivity contribution in [2.45, 2.75) is 30.8 Å². The van der Waals surface area contributed by atoms with E-state index < -0.39 is 24.4 Å². The molecule has 19 heavy (non-hydrogen) atoms. The van der Waals surface area contributed by atoms with Crippen molar-refractivity contribution in [1.82, 2.24) is 19.5 Å². The Kier molecular flexibility index (Phi) is 2.82. The van der Waals surface area contributed by atoms with Crippen molar-refractivity contribution in [3.05, 3.63) is 11.6 Å². The van der Waals surface area contributed by atoms with Crippen LogP contribution < -0.4 is 5.73 Å². The van der Waals surface area contributed by atoms with E-state index in [9.17, 15) is 15.3 Å². The number of nitrogen functional groups attached to an aromatic ring is 1. The first kappa shape index (κ1) is 12.5. The second-order valence-electron chi connectivity index (χ2n) is 4.55. The zero-order valence-electron chi connectivity index (χ0n) is 9.68. The Labute approximate surface area is 112 Å². The standard InChI is InChI=1S/C10H12ClN5O3/c11-10-14-8(12)5-9(15-10)16(2-13-5)3-1-4(17)7(19)6(3)18/h2-4,6-7,17-19H,1H2,(H2,12,14,15). The molecule has 0 radical (unpaired) electrons. The zero-order chi connectivity index (χ0) is 13.7. The molecule has 1 saturated carbocycles. The number of aliphatic hydroxyl groups excluding tert-OH is 3. The molecule has 0 aliphatic heterocycles. The number of halogens is 1. The van der Waals surface area contributed by atoms with Crippen molar-refractivity contribution >= 4 is 28.6 Å². The molecule has 5 N–H and O–H groups in total. The van der Waals surface area contributed by atoms with Gasteiger partial charge in [0.2, 0.25) is 5.28 Å². The van der Waals surface area contributed by atoms with E-state index in [2.05, 4.69) is 15.0 Å². The number of aromatic nitrogens is 4. The lowest BCUT2D eigenvalue weighted by Gasteiger charge is -2.17. The highest BCUT2D eigenvalue weighted by molar-refractivity contribution is 6.28. The van der Waals surface area contributed by atoms with Crippen LogP contribution in [0.25, 0.3) is 11.2 Å². The summed E-state index contributed by atoms with van der Waals surface area (Å²) in [5.41, 5.74) is 6.42. The number of rotatable bonds is 1. The van der Waals surface area contributed by atoms with Crippen LogP contribution in [0, 0.1) is 0 Å². The number of nitrogens with zero attached hydrogens (tertiary/aromatic N) is 4. The number of imidazole rings is 1. The Balaban J connectivity index is 2.11. The fourth-order valence-corrected chi connectivity index (χ4v) is 2.58. The molecule has 0 saturated heterocycles. The van der Waals surface area contributed by atoms with Crippen LogP contribution in [0.4, 0.5) is 5.82 Å². The molecule has 2 aromatic heterocycles. The Hall–Kier alpha value is -1.48. The summed E-state index contributed by atoms with van der Waals surface area (Å²) in [6.45, 7) is 0. The summed E-state index contributed by atoms with van der Waals surface area (Å²) < 4.78 is 1.54. The minimum absolute atomic E-state index is 0.0275. The van der Waals surface area contributed by atoms with Gasteiger partial charge < -0.3 is 25.6 Å². The van der Waals surface area contributed by atoms with Gasteiger partial charge in [0, 0.05) is 0 Å². The highest BCUT2D eigenvalue weighted by atomic mass is 35.5. The van der Waals surface area contributed by atoms with Gasteiger partial charge in [0.1, 0.15) is 17.7 Å². The van der Waals surface area contributed by atoms with Crippen molar-refractivity contribution in [2.24, 2.45) is 0 Å². The number of anilines is 1. The van der Waals surface area contributed by atoms with Crippen LogP contribution in [-0.4, -0.2) is 53.2 Å². The van der Waals surface area contributed by atoms with Crippen molar-refractivity contribution in [2.75, 3.05) is 5.73 Å². The first-order valence-electron chi connectivity index (χ1n) is 5.68. The topological polar surface area (TPSA) is 130 Å². The van der Waals surface area contributed by atoms with Crippen LogP contribution in [0.3, 0.4) is 0 Å². The molecule has 1 aliphatic rings. The molecule has 3 rings (SSSR count). The minimum atomic E-state index is -1.20. The second-order valence-corrected chi connectivity index (χ2v) is 4.89. The van der Waals surface area contributed by atoms with Crippen LogP contribution in [0.5, 0.6) is 0 Å². The summed E-state index contributed by atoms with van der Waals surface area (Å²) in [6, 6.07) is -0.541. The van der Waals surface area contributed by atoms with Crippen LogP contribution in [0.15, 0.2) is 6.33 Å². The third-order valence-corrected chi connectivity index (χ3v) is 3.57. The van der Waals surface area contributed by atoms with Gasteiger partial charge in [0.05, 0.1) is 18.5 Å². The average molecular weight is 286 g/mol. The summed E-state index contributed by atoms with van der Waals surface area (Å²) in [5.74, 6) is 0.141. The van der Waals surface area contributed by atoms with Crippen LogP contribution >= 0.6 is 11.6 Å². The summed E-state index contributed by atoms with van der Waals surface area (Å²) in [5, 5.41) is 29.1. The van der Waals surface area contributed by atoms with E-state index in [4.69, 9.17) is 17.3 Å². The molecule has 0 aromatic carbocycles. The molecule has 9 heteroatoms. The molecular formula is C10H12ClN5O3. The number of aliphatic hydroxyl groups is 3. The zero-order valence-corrected chi connectivity index (χ0v) is 10.4. The van der Waals surface area contributed by atoms with Gasteiger partial charge in [0.15, 0.2) is 11.5 Å². The molecule has 0 spiro atoms. The number of hydrogen-bond acceptors (Lipinski definition) is 7. The van der Waals surface area contributed by atoms with Gasteiger partial charge in [-0.15, -0.1) is 0 Å². The van der Waals surface area contributed by atoms with Gasteiger partial charge in [-0.1, -0.05) is 0 Å². The van der Waals surface area contributed by atoms with E-state index in [0.717, 1.165) is 0 Å². The first-order chi connectivity index (χ1) is 8.99. The van der Waals surface area contributed by atoms with Crippen LogP contribution in [0.2, 0.25) is 5.28 Å². The largest absolute Gasteiger partial charge is 0.390 e. The molecule has 8 nitrogen and oxygen atoms in total. The molecule has 0 bridgehead atoms. The van der Waals surface area contributed by atoms with Crippen LogP contribution in [-0.2, 0) is 0 Å². The lowest BCUT2D eigenvalue weighted by atomic mass is 10.2. The van der Waals surface area contributed by atoms with Gasteiger partial charge in [0.25, 0.3) is 0 Å². The maximum absolute atomic E-state index is 9.93. The highest BCUT2D eigenvalue weighted by Crippen LogP contribution is 2.33. The van der Waals surface area contributed by atoms with E-state index in [1.54, 1.807) is 4.57 Å². The maximum atomic E-state index is 9.93. The second kappa shape index (κ2) is 4.27. The van der Waals surface area contributed by atoms with E-state index in [-0.39, 0.29) is 17.5 Å². The van der Waals surface area contributed by atoms with E-state index in [1.165, 1.54) is 6.33 Å². The highest BCUT2D eigenvalue weighted by Gasteiger charge is 2.42. The Morgan fingerprint density at radius 2 is 2.00 bits per heavy atom. The van der Waals surface area contributed by atoms with Crippen molar-refractivity contribution < 1.29 is 15.3 Å². The van der Waals surface area contributed by atoms with Crippen LogP contribution in [0.1, 0.15) is 12.5 Å². The monoisotopic (exact) mass is 285 g/mol. The molecule has 1 fully saturated rings. The normalized spacial score (nSPS) is 31.2. The smallest absolute Gasteiger partial charge is 0.226 e. The lowest BCUT2D eigenvalue weighted by molar-refractivity contribution is -0.0244. The van der Waals surface area contributed by atoms with Gasteiger partial charge >= 0.3 is 0 Å². The summed E-state index contributed by atoms with van der Waals surface area (Å²) >= 11 is 5.75. The number of fused-ring (bicyclic) bond motifs is 1. The molecule has 2 aromatic rings. The Morgan fingerprint density at radius 1 is 1.26 bits per heavy atom. The quantitative estimate of drug-likeness (QED) is 0.499. The Bertz CT molecular complexity index is 633. The fourth-order valence-electron chi connectivity index (χ4n) is 2.41. The average Bonchev–Trinajstić information content (AvgIpc) is 2.86. The number of hydrogen-bond donors (Lipinski definition) is 4. The molecule has 0 amide bonds. The van der Waals surface area contributed by atoms with E-state index >= 15 is 0 Å². The first-order valence-corrected chi connectivity index (χ1v) is 6.06.